The smallest absolute Gasteiger partial charge is 0.306 e. The molecule has 0 amide bonds. The van der Waals surface area contributed by atoms with Gasteiger partial charge in [-0.1, -0.05) is 357 Å². The van der Waals surface area contributed by atoms with Crippen LogP contribution in [0.2, 0.25) is 0 Å². The zero-order chi connectivity index (χ0) is 59.2. The molecule has 0 spiro atoms. The molecule has 0 fully saturated rings. The Labute approximate surface area is 510 Å². The van der Waals surface area contributed by atoms with Crippen molar-refractivity contribution in [1.82, 2.24) is 0 Å². The second-order valence-electron chi connectivity index (χ2n) is 24.1. The molecule has 1 unspecified atom stereocenters. The van der Waals surface area contributed by atoms with Gasteiger partial charge in [-0.2, -0.15) is 0 Å². The van der Waals surface area contributed by atoms with Gasteiger partial charge in [0.05, 0.1) is 0 Å². The van der Waals surface area contributed by atoms with Crippen molar-refractivity contribution in [3.05, 3.63) is 72.9 Å². The minimum absolute atomic E-state index is 0.0721. The second kappa shape index (κ2) is 70.3. The normalized spacial score (nSPS) is 12.5. The Balaban J connectivity index is 4.31. The molecule has 0 aromatic rings. The van der Waals surface area contributed by atoms with Gasteiger partial charge in [0.15, 0.2) is 6.10 Å². The van der Waals surface area contributed by atoms with Crippen LogP contribution < -0.4 is 0 Å². The van der Waals surface area contributed by atoms with Crippen molar-refractivity contribution in [1.29, 1.82) is 0 Å². The average Bonchev–Trinajstić information content (AvgIpc) is 3.47. The molecule has 82 heavy (non-hydrogen) atoms. The fourth-order valence-electron chi connectivity index (χ4n) is 10.6. The van der Waals surface area contributed by atoms with Gasteiger partial charge in [0.2, 0.25) is 0 Å². The zero-order valence-electron chi connectivity index (χ0n) is 54.8. The number of ether oxygens (including phenoxy) is 3. The molecule has 6 heteroatoms. The van der Waals surface area contributed by atoms with E-state index in [0.29, 0.717) is 19.3 Å². The van der Waals surface area contributed by atoms with Gasteiger partial charge in [-0.05, 0) is 70.6 Å². The van der Waals surface area contributed by atoms with Crippen molar-refractivity contribution in [3.63, 3.8) is 0 Å². The summed E-state index contributed by atoms with van der Waals surface area (Å²) in [7, 11) is 0. The predicted octanol–water partition coefficient (Wildman–Crippen LogP) is 24.8. The lowest BCUT2D eigenvalue weighted by molar-refractivity contribution is -0.167. The minimum Gasteiger partial charge on any atom is -0.462 e. The number of carbonyl (C=O) groups is 3. The third-order valence-electron chi connectivity index (χ3n) is 16.0. The maximum atomic E-state index is 13.0. The van der Waals surface area contributed by atoms with E-state index >= 15 is 0 Å². The van der Waals surface area contributed by atoms with Crippen molar-refractivity contribution in [2.75, 3.05) is 13.2 Å². The van der Waals surface area contributed by atoms with Gasteiger partial charge in [0.1, 0.15) is 13.2 Å². The van der Waals surface area contributed by atoms with Crippen LogP contribution in [0, 0.1) is 0 Å². The third kappa shape index (κ3) is 67.6. The Morgan fingerprint density at radius 2 is 0.476 bits per heavy atom. The molecule has 0 aliphatic rings. The first-order valence-electron chi connectivity index (χ1n) is 35.9. The van der Waals surface area contributed by atoms with Crippen LogP contribution in [0.5, 0.6) is 0 Å². The molecule has 0 aromatic heterocycles. The molecule has 0 N–H and O–H groups in total. The van der Waals surface area contributed by atoms with Crippen LogP contribution in [0.15, 0.2) is 72.9 Å². The van der Waals surface area contributed by atoms with Crippen LogP contribution >= 0.6 is 0 Å². The molecule has 1 atom stereocenters. The van der Waals surface area contributed by atoms with Gasteiger partial charge in [0.25, 0.3) is 0 Å². The highest BCUT2D eigenvalue weighted by Crippen LogP contribution is 2.18. The molecule has 0 aliphatic carbocycles. The molecule has 0 saturated heterocycles. The molecule has 0 bridgehead atoms. The number of allylic oxidation sites excluding steroid dienone is 12. The van der Waals surface area contributed by atoms with E-state index in [9.17, 15) is 14.4 Å². The highest BCUT2D eigenvalue weighted by molar-refractivity contribution is 5.71. The number of carbonyl (C=O) groups excluding carboxylic acids is 3. The summed E-state index contributed by atoms with van der Waals surface area (Å²) < 4.78 is 17.0. The SMILES string of the molecule is CC/C=C\C/C=C\C/C=C\C/C=C\C/C=C\C/C=C\CCCCCCCCCCC(=O)OCC(COC(=O)CCCCCCCCCCCCCCCCC)OC(=O)CCCCCCCCCCCCCCCCCCCCCCCC. The lowest BCUT2D eigenvalue weighted by atomic mass is 10.0. The van der Waals surface area contributed by atoms with E-state index in [1.54, 1.807) is 0 Å². The summed E-state index contributed by atoms with van der Waals surface area (Å²) in [4.78, 5) is 38.5. The zero-order valence-corrected chi connectivity index (χ0v) is 54.8. The summed E-state index contributed by atoms with van der Waals surface area (Å²) in [6.07, 6.45) is 92.1. The molecule has 0 radical (unpaired) electrons. The summed E-state index contributed by atoms with van der Waals surface area (Å²) in [5.41, 5.74) is 0. The fraction of sp³-hybridized carbons (Fsp3) is 0.803. The Kier molecular flexibility index (Phi) is 67.6. The van der Waals surface area contributed by atoms with Crippen molar-refractivity contribution in [2.45, 2.75) is 380 Å². The number of rotatable bonds is 66. The van der Waals surface area contributed by atoms with Gasteiger partial charge in [-0.25, -0.2) is 0 Å². The largest absolute Gasteiger partial charge is 0.462 e. The van der Waals surface area contributed by atoms with Gasteiger partial charge in [0, 0.05) is 19.3 Å². The first-order chi connectivity index (χ1) is 40.5. The van der Waals surface area contributed by atoms with Gasteiger partial charge >= 0.3 is 17.9 Å². The topological polar surface area (TPSA) is 78.9 Å². The Bertz CT molecular complexity index is 1500. The molecule has 0 heterocycles. The maximum absolute atomic E-state index is 13.0. The third-order valence-corrected chi connectivity index (χ3v) is 16.0. The maximum Gasteiger partial charge on any atom is 0.306 e. The van der Waals surface area contributed by atoms with Crippen LogP contribution in [-0.4, -0.2) is 37.2 Å². The van der Waals surface area contributed by atoms with Crippen LogP contribution in [0.25, 0.3) is 0 Å². The molecule has 476 valence electrons. The quantitative estimate of drug-likeness (QED) is 0.0261. The molecular formula is C76H136O6. The number of unbranched alkanes of at least 4 members (excludes halogenated alkanes) is 43. The highest BCUT2D eigenvalue weighted by atomic mass is 16.6. The number of hydrogen-bond acceptors (Lipinski definition) is 6. The number of esters is 3. The summed E-state index contributed by atoms with van der Waals surface area (Å²) in [6, 6.07) is 0. The first kappa shape index (κ1) is 78.8. The van der Waals surface area contributed by atoms with E-state index in [1.807, 2.05) is 0 Å². The van der Waals surface area contributed by atoms with E-state index in [-0.39, 0.29) is 31.1 Å². The van der Waals surface area contributed by atoms with E-state index in [0.717, 1.165) is 103 Å². The summed E-state index contributed by atoms with van der Waals surface area (Å²) in [5, 5.41) is 0. The Morgan fingerprint density at radius 3 is 0.744 bits per heavy atom. The summed E-state index contributed by atoms with van der Waals surface area (Å²) >= 11 is 0. The van der Waals surface area contributed by atoms with Crippen LogP contribution in [-0.2, 0) is 28.6 Å². The molecule has 0 aromatic carbocycles. The average molecular weight is 1150 g/mol. The van der Waals surface area contributed by atoms with E-state index in [4.69, 9.17) is 14.2 Å². The van der Waals surface area contributed by atoms with Crippen molar-refractivity contribution < 1.29 is 28.6 Å². The Hall–Kier alpha value is -3.15. The van der Waals surface area contributed by atoms with Gasteiger partial charge < -0.3 is 14.2 Å². The van der Waals surface area contributed by atoms with Crippen LogP contribution in [0.1, 0.15) is 374 Å². The molecular weight excluding hydrogens is 1010 g/mol. The Morgan fingerprint density at radius 1 is 0.256 bits per heavy atom. The lowest BCUT2D eigenvalue weighted by Crippen LogP contribution is -2.30. The number of hydrogen-bond donors (Lipinski definition) is 0. The molecule has 0 aliphatic heterocycles. The second-order valence-corrected chi connectivity index (χ2v) is 24.1. The standard InChI is InChI=1S/C76H136O6/c1-4-7-10-13-16-19-22-25-28-30-32-34-36-37-38-39-40-42-43-45-48-51-54-57-60-63-66-69-75(78)81-72-73(71-80-74(77)68-65-62-59-56-53-50-47-27-24-21-18-15-12-9-6-3)82-76(79)70-67-64-61-58-55-52-49-46-44-41-35-33-31-29-26-23-20-17-14-11-8-5-2/h7,10,16,19,25,28,32,34,37-38,40,42,73H,4-6,8-9,11-15,17-18,20-24,26-27,29-31,33,35-36,39,41,43-72H2,1-3H3/b10-7-,19-16-,28-25-,34-32-,38-37-,42-40-. The van der Waals surface area contributed by atoms with E-state index < -0.39 is 6.10 Å². The summed E-state index contributed by atoms with van der Waals surface area (Å²) in [6.45, 7) is 6.59. The first-order valence-corrected chi connectivity index (χ1v) is 35.9. The van der Waals surface area contributed by atoms with E-state index in [1.165, 1.54) is 231 Å². The lowest BCUT2D eigenvalue weighted by Gasteiger charge is -2.18. The summed E-state index contributed by atoms with van der Waals surface area (Å²) in [5.74, 6) is -0.855. The van der Waals surface area contributed by atoms with Crippen molar-refractivity contribution in [3.8, 4) is 0 Å². The highest BCUT2D eigenvalue weighted by Gasteiger charge is 2.19. The predicted molar refractivity (Wildman–Crippen MR) is 358 cm³/mol. The molecule has 6 nitrogen and oxygen atoms in total. The van der Waals surface area contributed by atoms with Gasteiger partial charge in [-0.3, -0.25) is 14.4 Å². The van der Waals surface area contributed by atoms with Gasteiger partial charge in [-0.15, -0.1) is 0 Å². The minimum atomic E-state index is -0.777. The molecule has 0 rings (SSSR count). The van der Waals surface area contributed by atoms with Crippen LogP contribution in [0.3, 0.4) is 0 Å². The monoisotopic (exact) mass is 1150 g/mol. The molecule has 0 saturated carbocycles. The van der Waals surface area contributed by atoms with Crippen molar-refractivity contribution in [2.24, 2.45) is 0 Å². The van der Waals surface area contributed by atoms with Crippen molar-refractivity contribution >= 4 is 17.9 Å². The van der Waals surface area contributed by atoms with Crippen LogP contribution in [0.4, 0.5) is 0 Å². The van der Waals surface area contributed by atoms with E-state index in [2.05, 4.69) is 93.7 Å². The fourth-order valence-corrected chi connectivity index (χ4v) is 10.6.